The monoisotopic (exact) mass is 591 g/mol. The fourth-order valence-electron chi connectivity index (χ4n) is 5.97. The van der Waals surface area contributed by atoms with E-state index in [0.29, 0.717) is 25.9 Å². The lowest BCUT2D eigenvalue weighted by Gasteiger charge is -2.37. The number of nitrogens with zero attached hydrogens (tertiary/aromatic N) is 3. The molecule has 2 heterocycles. The van der Waals surface area contributed by atoms with E-state index in [-0.39, 0.29) is 18.4 Å². The Hall–Kier alpha value is -4.64. The van der Waals surface area contributed by atoms with Crippen LogP contribution in [0.2, 0.25) is 0 Å². The van der Waals surface area contributed by atoms with Crippen LogP contribution in [0.4, 0.5) is 4.79 Å². The SMILES string of the molecule is CC/C(=C\C=N)c1nn(Cc2ccccc2)c2c1C=C(NC(=O)C1CC(c3c#cccc3)CN(C(=O)OC(C)(C)C)C1)CC2. The van der Waals surface area contributed by atoms with E-state index in [0.717, 1.165) is 52.2 Å². The quantitative estimate of drug-likeness (QED) is 0.295. The molecule has 0 radical (unpaired) electrons. The van der Waals surface area contributed by atoms with Crippen molar-refractivity contribution in [1.82, 2.24) is 20.0 Å². The van der Waals surface area contributed by atoms with E-state index in [1.807, 2.05) is 57.2 Å². The van der Waals surface area contributed by atoms with Crippen LogP contribution in [0.1, 0.15) is 81.0 Å². The number of piperidine rings is 1. The predicted octanol–water partition coefficient (Wildman–Crippen LogP) is 6.42. The Bertz CT molecular complexity index is 1550. The molecule has 8 nitrogen and oxygen atoms in total. The summed E-state index contributed by atoms with van der Waals surface area (Å²) in [6, 6.07) is 22.1. The first-order valence-corrected chi connectivity index (χ1v) is 15.4. The standard InChI is InChI=1S/C36H41N5O3/c1-5-26(18-19-37)33-31-21-30(16-17-32(31)41(39-33)22-25-12-8-6-9-13-25)38-34(42)29-20-28(27-14-10-7-11-15-27)23-40(24-29)35(43)44-36(2,3)4/h6-10,12-14,18-19,21,28-29,37H,5,16-17,20,22-24H2,1-4H3,(H,38,42)/b26-18+,37-19?. The summed E-state index contributed by atoms with van der Waals surface area (Å²) >= 11 is 0. The van der Waals surface area contributed by atoms with Gasteiger partial charge in [0, 0.05) is 47.7 Å². The van der Waals surface area contributed by atoms with Gasteiger partial charge in [-0.05, 0) is 81.9 Å². The topological polar surface area (TPSA) is 100 Å². The van der Waals surface area contributed by atoms with Gasteiger partial charge in [0.1, 0.15) is 5.60 Å². The lowest BCUT2D eigenvalue weighted by Crippen LogP contribution is -2.49. The van der Waals surface area contributed by atoms with Gasteiger partial charge in [0.15, 0.2) is 0 Å². The molecule has 228 valence electrons. The summed E-state index contributed by atoms with van der Waals surface area (Å²) in [6.07, 6.45) is 7.45. The minimum atomic E-state index is -0.634. The summed E-state index contributed by atoms with van der Waals surface area (Å²) in [7, 11) is 0. The van der Waals surface area contributed by atoms with Gasteiger partial charge in [-0.2, -0.15) is 5.10 Å². The summed E-state index contributed by atoms with van der Waals surface area (Å²) in [5.41, 5.74) is 6.23. The zero-order chi connectivity index (χ0) is 31.3. The molecule has 2 amide bonds. The van der Waals surface area contributed by atoms with Crippen LogP contribution in [0.15, 0.2) is 60.3 Å². The average Bonchev–Trinajstić information content (AvgIpc) is 3.36. The Morgan fingerprint density at radius 1 is 1.14 bits per heavy atom. The molecule has 2 atom stereocenters. The van der Waals surface area contributed by atoms with Crippen molar-refractivity contribution in [3.8, 4) is 0 Å². The van der Waals surface area contributed by atoms with E-state index in [4.69, 9.17) is 15.2 Å². The van der Waals surface area contributed by atoms with E-state index in [1.165, 1.54) is 6.21 Å². The number of hydrogen-bond donors (Lipinski definition) is 2. The van der Waals surface area contributed by atoms with E-state index in [1.54, 1.807) is 17.0 Å². The summed E-state index contributed by atoms with van der Waals surface area (Å²) < 4.78 is 7.74. The minimum absolute atomic E-state index is 0.0578. The number of ether oxygens (including phenoxy) is 1. The molecule has 1 saturated heterocycles. The number of likely N-dealkylation sites (tertiary alicyclic amines) is 1. The molecule has 2 unspecified atom stereocenters. The molecule has 8 heteroatoms. The molecule has 2 aliphatic rings. The number of allylic oxidation sites excluding steroid dienone is 3. The van der Waals surface area contributed by atoms with E-state index >= 15 is 0 Å². The third-order valence-corrected chi connectivity index (χ3v) is 8.06. The first kappa shape index (κ1) is 30.8. The Morgan fingerprint density at radius 3 is 2.61 bits per heavy atom. The molecule has 1 aromatic heterocycles. The van der Waals surface area contributed by atoms with Gasteiger partial charge in [-0.1, -0.05) is 55.5 Å². The minimum Gasteiger partial charge on any atom is -0.444 e. The molecule has 0 spiro atoms. The number of hydrogen-bond acceptors (Lipinski definition) is 5. The lowest BCUT2D eigenvalue weighted by molar-refractivity contribution is -0.126. The average molecular weight is 592 g/mol. The summed E-state index contributed by atoms with van der Waals surface area (Å²) in [6.45, 7) is 8.99. The van der Waals surface area contributed by atoms with Gasteiger partial charge in [-0.3, -0.25) is 9.48 Å². The molecule has 2 N–H and O–H groups in total. The number of benzene rings is 1. The van der Waals surface area contributed by atoms with Crippen molar-refractivity contribution in [2.24, 2.45) is 5.92 Å². The normalized spacial score (nSPS) is 18.5. The van der Waals surface area contributed by atoms with Crippen LogP contribution >= 0.6 is 0 Å². The van der Waals surface area contributed by atoms with Crippen molar-refractivity contribution in [3.63, 3.8) is 0 Å². The zero-order valence-corrected chi connectivity index (χ0v) is 26.0. The Morgan fingerprint density at radius 2 is 1.93 bits per heavy atom. The Labute approximate surface area is 260 Å². The van der Waals surface area contributed by atoms with Crippen LogP contribution in [0.3, 0.4) is 0 Å². The van der Waals surface area contributed by atoms with Gasteiger partial charge in [0.25, 0.3) is 0 Å². The van der Waals surface area contributed by atoms with Gasteiger partial charge in [0.05, 0.1) is 18.2 Å². The van der Waals surface area contributed by atoms with Crippen molar-refractivity contribution in [3.05, 3.63) is 101 Å². The van der Waals surface area contributed by atoms with Gasteiger partial charge in [0.2, 0.25) is 5.91 Å². The largest absolute Gasteiger partial charge is 0.444 e. The molecule has 3 aromatic rings. The van der Waals surface area contributed by atoms with Crippen molar-refractivity contribution in [1.29, 1.82) is 5.41 Å². The summed E-state index contributed by atoms with van der Waals surface area (Å²) in [5.74, 6) is -0.582. The van der Waals surface area contributed by atoms with Crippen molar-refractivity contribution < 1.29 is 14.3 Å². The van der Waals surface area contributed by atoms with Gasteiger partial charge in [-0.15, -0.1) is 0 Å². The number of fused-ring (bicyclic) bond motifs is 1. The highest BCUT2D eigenvalue weighted by Crippen LogP contribution is 2.33. The third-order valence-electron chi connectivity index (χ3n) is 8.06. The number of nitrogens with one attached hydrogen (secondary N) is 2. The number of carbonyl (C=O) groups is 2. The summed E-state index contributed by atoms with van der Waals surface area (Å²) in [4.78, 5) is 28.6. The summed E-state index contributed by atoms with van der Waals surface area (Å²) in [5, 5.41) is 15.9. The van der Waals surface area contributed by atoms with E-state index in [9.17, 15) is 9.59 Å². The van der Waals surface area contributed by atoms with Crippen LogP contribution in [-0.4, -0.2) is 51.6 Å². The Balaban J connectivity index is 1.41. The van der Waals surface area contributed by atoms with Crippen LogP contribution in [0.25, 0.3) is 11.6 Å². The molecule has 1 aliphatic carbocycles. The predicted molar refractivity (Wildman–Crippen MR) is 172 cm³/mol. The molecule has 0 bridgehead atoms. The molecule has 1 fully saturated rings. The third kappa shape index (κ3) is 7.28. The molecule has 2 aromatic carbocycles. The Kier molecular flexibility index (Phi) is 9.34. The van der Waals surface area contributed by atoms with Gasteiger partial charge >= 0.3 is 6.09 Å². The first-order chi connectivity index (χ1) is 21.1. The lowest BCUT2D eigenvalue weighted by atomic mass is 9.84. The molecule has 5 rings (SSSR count). The molecular weight excluding hydrogens is 550 g/mol. The number of rotatable bonds is 8. The maximum atomic E-state index is 13.8. The number of amides is 2. The number of carbonyl (C=O) groups excluding carboxylic acids is 2. The number of aromatic nitrogens is 2. The first-order valence-electron chi connectivity index (χ1n) is 15.4. The van der Waals surface area contributed by atoms with E-state index in [2.05, 4.69) is 41.2 Å². The van der Waals surface area contributed by atoms with Gasteiger partial charge < -0.3 is 20.4 Å². The molecular formula is C36H41N5O3. The second-order valence-electron chi connectivity index (χ2n) is 12.5. The molecule has 0 saturated carbocycles. The molecule has 44 heavy (non-hydrogen) atoms. The van der Waals surface area contributed by atoms with Crippen LogP contribution in [0.5, 0.6) is 0 Å². The maximum absolute atomic E-state index is 13.8. The van der Waals surface area contributed by atoms with Crippen molar-refractivity contribution in [2.75, 3.05) is 13.1 Å². The second kappa shape index (κ2) is 13.3. The van der Waals surface area contributed by atoms with Gasteiger partial charge in [-0.25, -0.2) is 4.79 Å². The fraction of sp³-hybridized carbons (Fsp3) is 0.389. The highest BCUT2D eigenvalue weighted by Gasteiger charge is 2.37. The highest BCUT2D eigenvalue weighted by molar-refractivity contribution is 5.87. The second-order valence-corrected chi connectivity index (χ2v) is 12.5. The van der Waals surface area contributed by atoms with Crippen molar-refractivity contribution >= 4 is 29.9 Å². The van der Waals surface area contributed by atoms with Crippen LogP contribution in [-0.2, 0) is 22.5 Å². The smallest absolute Gasteiger partial charge is 0.410 e. The highest BCUT2D eigenvalue weighted by atomic mass is 16.6. The zero-order valence-electron chi connectivity index (χ0n) is 26.0. The van der Waals surface area contributed by atoms with Crippen molar-refractivity contribution in [2.45, 2.75) is 71.4 Å². The maximum Gasteiger partial charge on any atom is 0.410 e. The van der Waals surface area contributed by atoms with E-state index < -0.39 is 17.6 Å². The fourth-order valence-corrected chi connectivity index (χ4v) is 5.97. The van der Waals surface area contributed by atoms with Crippen LogP contribution in [0, 0.1) is 23.5 Å². The van der Waals surface area contributed by atoms with Crippen LogP contribution < -0.4 is 5.32 Å². The molecule has 1 aliphatic heterocycles.